The first-order valence-electron chi connectivity index (χ1n) is 9.81. The maximum atomic E-state index is 14.9. The third-order valence-electron chi connectivity index (χ3n) is 5.48. The van der Waals surface area contributed by atoms with E-state index in [2.05, 4.69) is 20.5 Å². The van der Waals surface area contributed by atoms with Gasteiger partial charge in [0.05, 0.1) is 18.3 Å². The molecule has 0 saturated heterocycles. The molecule has 6 bridgehead atoms. The average molecular weight is 443 g/mol. The van der Waals surface area contributed by atoms with Gasteiger partial charge in [-0.25, -0.2) is 27.3 Å². The number of halogens is 4. The number of carbonyl (C=O) groups excluding carboxylic acids is 1. The van der Waals surface area contributed by atoms with E-state index in [1.807, 2.05) is 5.32 Å². The van der Waals surface area contributed by atoms with E-state index in [0.717, 1.165) is 6.92 Å². The summed E-state index contributed by atoms with van der Waals surface area (Å²) in [5.41, 5.74) is 0.453. The normalized spacial score (nSPS) is 28.4. The molecule has 1 unspecified atom stereocenters. The van der Waals surface area contributed by atoms with Crippen molar-refractivity contribution in [2.24, 2.45) is 0 Å². The molecule has 0 radical (unpaired) electrons. The molecule has 1 fully saturated rings. The standard InChI is InChI=1S/C19H21F4N5O3/c1-9-19(22,23)3-5-30-14-8-11(2-4-24-14)26-17-15(21)16(27-28-17)10-6-12(20)13(7-10)31-18(29)25-9/h2,4,8-10,12-13H,3,5-7H2,1H3,(H,25,29)(H2,26,27,28)/t9-,10?,12+,13-/m0/s1. The molecule has 2 aromatic heterocycles. The van der Waals surface area contributed by atoms with Gasteiger partial charge in [-0.05, 0) is 25.8 Å². The predicted octanol–water partition coefficient (Wildman–Crippen LogP) is 3.80. The first-order valence-corrected chi connectivity index (χ1v) is 9.81. The third-order valence-corrected chi connectivity index (χ3v) is 5.48. The van der Waals surface area contributed by atoms with Gasteiger partial charge in [-0.3, -0.25) is 5.10 Å². The summed E-state index contributed by atoms with van der Waals surface area (Å²) < 4.78 is 68.3. The lowest BCUT2D eigenvalue weighted by Gasteiger charge is -2.25. The molecule has 0 aromatic carbocycles. The van der Waals surface area contributed by atoms with Crippen molar-refractivity contribution in [2.45, 2.75) is 56.3 Å². The summed E-state index contributed by atoms with van der Waals surface area (Å²) >= 11 is 0. The molecule has 2 aliphatic rings. The van der Waals surface area contributed by atoms with Crippen LogP contribution in [-0.4, -0.2) is 52.1 Å². The summed E-state index contributed by atoms with van der Waals surface area (Å²) in [7, 11) is 0. The van der Waals surface area contributed by atoms with Crippen LogP contribution in [0.15, 0.2) is 18.3 Å². The monoisotopic (exact) mass is 443 g/mol. The van der Waals surface area contributed by atoms with Crippen LogP contribution in [0.4, 0.5) is 33.9 Å². The molecule has 2 aromatic rings. The number of carbonyl (C=O) groups is 1. The highest BCUT2D eigenvalue weighted by Gasteiger charge is 2.42. The molecular weight excluding hydrogens is 422 g/mol. The molecule has 8 nitrogen and oxygen atoms in total. The Hall–Kier alpha value is -3.05. The first-order chi connectivity index (χ1) is 14.7. The number of nitrogens with zero attached hydrogens (tertiary/aromatic N) is 2. The average Bonchev–Trinajstić information content (AvgIpc) is 3.24. The van der Waals surface area contributed by atoms with Crippen molar-refractivity contribution < 1.29 is 31.8 Å². The fourth-order valence-electron chi connectivity index (χ4n) is 3.67. The number of anilines is 2. The summed E-state index contributed by atoms with van der Waals surface area (Å²) in [5, 5.41) is 11.3. The van der Waals surface area contributed by atoms with Crippen molar-refractivity contribution in [3.8, 4) is 5.88 Å². The molecule has 12 heteroatoms. The Morgan fingerprint density at radius 1 is 1.29 bits per heavy atom. The van der Waals surface area contributed by atoms with Gasteiger partial charge >= 0.3 is 6.09 Å². The van der Waals surface area contributed by atoms with Crippen LogP contribution in [0.5, 0.6) is 5.88 Å². The molecule has 1 amide bonds. The van der Waals surface area contributed by atoms with Crippen LogP contribution < -0.4 is 15.4 Å². The Morgan fingerprint density at radius 3 is 2.90 bits per heavy atom. The number of rotatable bonds is 0. The molecule has 1 saturated carbocycles. The van der Waals surface area contributed by atoms with E-state index >= 15 is 0 Å². The largest absolute Gasteiger partial charge is 0.477 e. The summed E-state index contributed by atoms with van der Waals surface area (Å²) in [6.07, 6.45) is -3.36. The molecule has 1 aliphatic heterocycles. The zero-order chi connectivity index (χ0) is 22.2. The fraction of sp³-hybridized carbons (Fsp3) is 0.526. The van der Waals surface area contributed by atoms with Gasteiger partial charge in [-0.2, -0.15) is 5.10 Å². The van der Waals surface area contributed by atoms with E-state index in [-0.39, 0.29) is 36.8 Å². The van der Waals surface area contributed by atoms with Crippen LogP contribution in [0.25, 0.3) is 0 Å². The second-order valence-corrected chi connectivity index (χ2v) is 7.66. The number of hydrogen-bond donors (Lipinski definition) is 3. The SMILES string of the molecule is C[C@@H]1NC(=O)O[C@H]2CC(C[C@H]2F)c2[nH]nc(c2F)Nc2ccnc(c2)OCCC1(F)F. The fourth-order valence-corrected chi connectivity index (χ4v) is 3.67. The van der Waals surface area contributed by atoms with E-state index in [1.54, 1.807) is 0 Å². The van der Waals surface area contributed by atoms with Gasteiger partial charge in [0.15, 0.2) is 11.6 Å². The topological polar surface area (TPSA) is 101 Å². The predicted molar refractivity (Wildman–Crippen MR) is 101 cm³/mol. The van der Waals surface area contributed by atoms with Gasteiger partial charge in [0.1, 0.15) is 12.3 Å². The molecule has 168 valence electrons. The quantitative estimate of drug-likeness (QED) is 0.536. The van der Waals surface area contributed by atoms with Crippen molar-refractivity contribution in [1.29, 1.82) is 0 Å². The highest BCUT2D eigenvalue weighted by Crippen LogP contribution is 2.39. The minimum Gasteiger partial charge on any atom is -0.477 e. The van der Waals surface area contributed by atoms with Gasteiger partial charge in [0.2, 0.25) is 5.88 Å². The smallest absolute Gasteiger partial charge is 0.407 e. The Kier molecular flexibility index (Phi) is 5.63. The minimum atomic E-state index is -3.31. The van der Waals surface area contributed by atoms with Crippen LogP contribution in [0.3, 0.4) is 0 Å². The number of nitrogens with one attached hydrogen (secondary N) is 3. The molecule has 0 spiro atoms. The lowest BCUT2D eigenvalue weighted by molar-refractivity contribution is -0.0494. The van der Waals surface area contributed by atoms with Crippen molar-refractivity contribution in [3.05, 3.63) is 29.8 Å². The van der Waals surface area contributed by atoms with Crippen LogP contribution in [0, 0.1) is 5.82 Å². The second kappa shape index (κ2) is 8.23. The maximum Gasteiger partial charge on any atom is 0.407 e. The number of aromatic nitrogens is 3. The molecule has 3 N–H and O–H groups in total. The summed E-state index contributed by atoms with van der Waals surface area (Å²) in [4.78, 5) is 16.0. The molecule has 3 heterocycles. The Morgan fingerprint density at radius 2 is 2.10 bits per heavy atom. The van der Waals surface area contributed by atoms with Crippen LogP contribution in [-0.2, 0) is 4.74 Å². The highest BCUT2D eigenvalue weighted by molar-refractivity contribution is 5.68. The van der Waals surface area contributed by atoms with Crippen molar-refractivity contribution in [3.63, 3.8) is 0 Å². The van der Waals surface area contributed by atoms with E-state index in [0.29, 0.717) is 5.69 Å². The Bertz CT molecular complexity index is 956. The van der Waals surface area contributed by atoms with Crippen molar-refractivity contribution in [1.82, 2.24) is 20.5 Å². The Balaban J connectivity index is 1.62. The number of H-pyrrole nitrogens is 1. The maximum absolute atomic E-state index is 14.9. The van der Waals surface area contributed by atoms with Gasteiger partial charge in [-0.1, -0.05) is 0 Å². The number of alkyl carbamates (subject to hydrolysis) is 1. The lowest BCUT2D eigenvalue weighted by Crippen LogP contribution is -2.47. The molecule has 31 heavy (non-hydrogen) atoms. The first kappa shape index (κ1) is 21.2. The van der Waals surface area contributed by atoms with E-state index < -0.39 is 48.5 Å². The van der Waals surface area contributed by atoms with Crippen molar-refractivity contribution in [2.75, 3.05) is 11.9 Å². The summed E-state index contributed by atoms with van der Waals surface area (Å²) in [6, 6.07) is 1.37. The van der Waals surface area contributed by atoms with Crippen LogP contribution in [0.1, 0.15) is 37.8 Å². The number of alkyl halides is 3. The third kappa shape index (κ3) is 4.52. The zero-order valence-electron chi connectivity index (χ0n) is 16.5. The van der Waals surface area contributed by atoms with E-state index in [9.17, 15) is 22.4 Å². The molecule has 4 atom stereocenters. The number of ether oxygens (including phenoxy) is 2. The van der Waals surface area contributed by atoms with Crippen LogP contribution in [0.2, 0.25) is 0 Å². The number of hydrogen-bond acceptors (Lipinski definition) is 6. The van der Waals surface area contributed by atoms with E-state index in [1.165, 1.54) is 18.3 Å². The van der Waals surface area contributed by atoms with Gasteiger partial charge in [0, 0.05) is 30.3 Å². The van der Waals surface area contributed by atoms with Gasteiger partial charge < -0.3 is 20.1 Å². The number of aromatic amines is 1. The van der Waals surface area contributed by atoms with Gasteiger partial charge in [0.25, 0.3) is 5.92 Å². The lowest BCUT2D eigenvalue weighted by atomic mass is 10.0. The zero-order valence-corrected chi connectivity index (χ0v) is 16.5. The summed E-state index contributed by atoms with van der Waals surface area (Å²) in [5.74, 6) is -4.68. The summed E-state index contributed by atoms with van der Waals surface area (Å²) in [6.45, 7) is 0.733. The molecule has 4 rings (SSSR count). The van der Waals surface area contributed by atoms with Crippen molar-refractivity contribution >= 4 is 17.6 Å². The minimum absolute atomic E-state index is 0.00877. The molecule has 1 aliphatic carbocycles. The highest BCUT2D eigenvalue weighted by atomic mass is 19.3. The van der Waals surface area contributed by atoms with Crippen LogP contribution >= 0.6 is 0 Å². The molecular formula is C19H21F4N5O3. The number of pyridine rings is 1. The Labute approximate surface area is 174 Å². The van der Waals surface area contributed by atoms with Gasteiger partial charge in [-0.15, -0.1) is 0 Å². The number of amides is 1. The number of fused-ring (bicyclic) bond motifs is 7. The van der Waals surface area contributed by atoms with E-state index in [4.69, 9.17) is 9.47 Å². The second-order valence-electron chi connectivity index (χ2n) is 7.66.